The molecule has 1 rings (SSSR count). The lowest BCUT2D eigenvalue weighted by Gasteiger charge is -2.09. The van der Waals surface area contributed by atoms with E-state index in [0.29, 0.717) is 18.3 Å². The van der Waals surface area contributed by atoms with Crippen molar-refractivity contribution in [1.82, 2.24) is 4.72 Å². The van der Waals surface area contributed by atoms with Crippen LogP contribution in [-0.2, 0) is 14.8 Å². The maximum absolute atomic E-state index is 12.0. The minimum atomic E-state index is -3.61. The summed E-state index contributed by atoms with van der Waals surface area (Å²) in [5, 5.41) is 8.50. The fourth-order valence-electron chi connectivity index (χ4n) is 1.66. The predicted molar refractivity (Wildman–Crippen MR) is 83.5 cm³/mol. The molecule has 22 heavy (non-hydrogen) atoms. The van der Waals surface area contributed by atoms with Crippen molar-refractivity contribution in [3.8, 4) is 5.75 Å². The predicted octanol–water partition coefficient (Wildman–Crippen LogP) is 2.25. The number of benzene rings is 1. The molecule has 0 bridgehead atoms. The third kappa shape index (κ3) is 6.91. The highest BCUT2D eigenvalue weighted by Gasteiger charge is 2.13. The summed E-state index contributed by atoms with van der Waals surface area (Å²) in [5.74, 6) is 0.238. The van der Waals surface area contributed by atoms with E-state index in [0.717, 1.165) is 6.42 Å². The minimum Gasteiger partial charge on any atom is -0.494 e. The number of carbonyl (C=O) groups is 1. The van der Waals surface area contributed by atoms with Crippen LogP contribution >= 0.6 is 0 Å². The topological polar surface area (TPSA) is 92.7 Å². The van der Waals surface area contributed by atoms with Crippen molar-refractivity contribution in [2.24, 2.45) is 5.92 Å². The summed E-state index contributed by atoms with van der Waals surface area (Å²) in [5.41, 5.74) is 0. The van der Waals surface area contributed by atoms with E-state index in [1.165, 1.54) is 12.1 Å². The number of sulfonamides is 1. The van der Waals surface area contributed by atoms with Crippen molar-refractivity contribution < 1.29 is 23.1 Å². The Balaban J connectivity index is 2.51. The lowest BCUT2D eigenvalue weighted by atomic mass is 10.1. The van der Waals surface area contributed by atoms with Crippen molar-refractivity contribution >= 4 is 16.0 Å². The first-order valence-electron chi connectivity index (χ1n) is 7.25. The highest BCUT2D eigenvalue weighted by molar-refractivity contribution is 7.89. The Hall–Kier alpha value is -1.60. The molecule has 0 amide bonds. The number of carboxylic acid groups (broad SMARTS) is 1. The minimum absolute atomic E-state index is 0.0643. The van der Waals surface area contributed by atoms with Crippen LogP contribution in [0.15, 0.2) is 29.2 Å². The van der Waals surface area contributed by atoms with Crippen LogP contribution in [0.2, 0.25) is 0 Å². The summed E-state index contributed by atoms with van der Waals surface area (Å²) in [7, 11) is -3.61. The molecular formula is C15H23NO5S. The molecule has 0 aliphatic heterocycles. The zero-order chi connectivity index (χ0) is 16.6. The Kier molecular flexibility index (Phi) is 7.34. The largest absolute Gasteiger partial charge is 0.494 e. The van der Waals surface area contributed by atoms with Crippen molar-refractivity contribution in [3.05, 3.63) is 24.3 Å². The molecule has 124 valence electrons. The molecular weight excluding hydrogens is 306 g/mol. The van der Waals surface area contributed by atoms with E-state index >= 15 is 0 Å². The molecule has 2 N–H and O–H groups in total. The van der Waals surface area contributed by atoms with Gasteiger partial charge in [-0.1, -0.05) is 13.8 Å². The van der Waals surface area contributed by atoms with Crippen LogP contribution in [0.1, 0.15) is 33.1 Å². The van der Waals surface area contributed by atoms with Crippen molar-refractivity contribution in [2.75, 3.05) is 13.2 Å². The number of carboxylic acids is 1. The molecule has 0 atom stereocenters. The quantitative estimate of drug-likeness (QED) is 0.642. The summed E-state index contributed by atoms with van der Waals surface area (Å²) in [6, 6.07) is 6.19. The van der Waals surface area contributed by atoms with Crippen molar-refractivity contribution in [3.63, 3.8) is 0 Å². The summed E-state index contributed by atoms with van der Waals surface area (Å²) in [4.78, 5) is 10.5. The first-order valence-corrected chi connectivity index (χ1v) is 8.74. The van der Waals surface area contributed by atoms with Crippen LogP contribution in [0, 0.1) is 5.92 Å². The van der Waals surface area contributed by atoms with Gasteiger partial charge >= 0.3 is 5.97 Å². The zero-order valence-corrected chi connectivity index (χ0v) is 13.7. The Morgan fingerprint density at radius 2 is 1.91 bits per heavy atom. The van der Waals surface area contributed by atoms with Gasteiger partial charge in [-0.15, -0.1) is 0 Å². The van der Waals surface area contributed by atoms with Crippen LogP contribution in [0.4, 0.5) is 0 Å². The normalized spacial score (nSPS) is 11.6. The molecule has 0 unspecified atom stereocenters. The smallest absolute Gasteiger partial charge is 0.303 e. The first-order chi connectivity index (χ1) is 10.3. The van der Waals surface area contributed by atoms with Gasteiger partial charge in [0.2, 0.25) is 10.0 Å². The van der Waals surface area contributed by atoms with Crippen LogP contribution in [0.25, 0.3) is 0 Å². The Bertz CT molecular complexity index is 566. The van der Waals surface area contributed by atoms with Gasteiger partial charge in [0.1, 0.15) is 5.75 Å². The van der Waals surface area contributed by atoms with Gasteiger partial charge in [-0.05, 0) is 43.0 Å². The molecule has 0 heterocycles. The fraction of sp³-hybridized carbons (Fsp3) is 0.533. The van der Waals surface area contributed by atoms with E-state index in [1.54, 1.807) is 12.1 Å². The lowest BCUT2D eigenvalue weighted by Crippen LogP contribution is -2.25. The molecule has 7 heteroatoms. The monoisotopic (exact) mass is 329 g/mol. The number of nitrogens with one attached hydrogen (secondary N) is 1. The van der Waals surface area contributed by atoms with Crippen molar-refractivity contribution in [1.29, 1.82) is 0 Å². The third-order valence-corrected chi connectivity index (χ3v) is 4.43. The van der Waals surface area contributed by atoms with Gasteiger partial charge in [-0.2, -0.15) is 0 Å². The van der Waals surface area contributed by atoms with Gasteiger partial charge < -0.3 is 9.84 Å². The fourth-order valence-corrected chi connectivity index (χ4v) is 2.73. The van der Waals surface area contributed by atoms with Gasteiger partial charge in [0.25, 0.3) is 0 Å². The van der Waals surface area contributed by atoms with E-state index in [4.69, 9.17) is 9.84 Å². The van der Waals surface area contributed by atoms with Crippen LogP contribution < -0.4 is 9.46 Å². The number of rotatable bonds is 10. The molecule has 0 aromatic heterocycles. The first kappa shape index (κ1) is 18.4. The molecule has 0 aliphatic rings. The lowest BCUT2D eigenvalue weighted by molar-refractivity contribution is -0.137. The molecule has 1 aromatic carbocycles. The molecule has 0 radical (unpaired) electrons. The Morgan fingerprint density at radius 1 is 1.27 bits per heavy atom. The standard InChI is InChI=1S/C15H23NO5S/c1-12(2)9-11-21-13-5-7-14(8-6-13)22(19,20)16-10-3-4-15(17)18/h5-8,12,16H,3-4,9-11H2,1-2H3,(H,17,18). The maximum atomic E-state index is 12.0. The molecule has 0 saturated carbocycles. The van der Waals surface area contributed by atoms with Gasteiger partial charge in [0.05, 0.1) is 11.5 Å². The molecule has 6 nitrogen and oxygen atoms in total. The molecule has 1 aromatic rings. The highest BCUT2D eigenvalue weighted by Crippen LogP contribution is 2.16. The van der Waals surface area contributed by atoms with Crippen molar-refractivity contribution in [2.45, 2.75) is 38.0 Å². The summed E-state index contributed by atoms with van der Waals surface area (Å²) in [6.07, 6.45) is 1.13. The van der Waals surface area contributed by atoms with E-state index in [9.17, 15) is 13.2 Å². The van der Waals surface area contributed by atoms with E-state index in [-0.39, 0.29) is 24.3 Å². The summed E-state index contributed by atoms with van der Waals surface area (Å²) < 4.78 is 31.9. The number of aliphatic carboxylic acids is 1. The van der Waals surface area contributed by atoms with Gasteiger partial charge in [-0.25, -0.2) is 13.1 Å². The summed E-state index contributed by atoms with van der Waals surface area (Å²) in [6.45, 7) is 4.91. The van der Waals surface area contributed by atoms with Gasteiger partial charge in [-0.3, -0.25) is 4.79 Å². The third-order valence-electron chi connectivity index (χ3n) is 2.96. The van der Waals surface area contributed by atoms with Crippen LogP contribution in [0.5, 0.6) is 5.75 Å². The maximum Gasteiger partial charge on any atom is 0.303 e. The highest BCUT2D eigenvalue weighted by atomic mass is 32.2. The number of hydrogen-bond acceptors (Lipinski definition) is 4. The van der Waals surface area contributed by atoms with E-state index in [1.807, 2.05) is 0 Å². The molecule has 0 spiro atoms. The van der Waals surface area contributed by atoms with Gasteiger partial charge in [0, 0.05) is 13.0 Å². The second-order valence-electron chi connectivity index (χ2n) is 5.40. The van der Waals surface area contributed by atoms with Crippen LogP contribution in [0.3, 0.4) is 0 Å². The average Bonchev–Trinajstić information content (AvgIpc) is 2.44. The molecule has 0 fully saturated rings. The molecule has 0 aliphatic carbocycles. The Labute approximate surface area is 131 Å². The summed E-state index contributed by atoms with van der Waals surface area (Å²) >= 11 is 0. The van der Waals surface area contributed by atoms with E-state index in [2.05, 4.69) is 18.6 Å². The number of ether oxygens (including phenoxy) is 1. The number of hydrogen-bond donors (Lipinski definition) is 2. The SMILES string of the molecule is CC(C)CCOc1ccc(S(=O)(=O)NCCCC(=O)O)cc1. The van der Waals surface area contributed by atoms with E-state index < -0.39 is 16.0 Å². The van der Waals surface area contributed by atoms with Crippen LogP contribution in [-0.4, -0.2) is 32.6 Å². The molecule has 0 saturated heterocycles. The Morgan fingerprint density at radius 3 is 2.45 bits per heavy atom. The average molecular weight is 329 g/mol. The second-order valence-corrected chi connectivity index (χ2v) is 7.16. The van der Waals surface area contributed by atoms with Gasteiger partial charge in [0.15, 0.2) is 0 Å². The zero-order valence-electron chi connectivity index (χ0n) is 12.9. The second kappa shape index (κ2) is 8.75.